The van der Waals surface area contributed by atoms with Crippen LogP contribution in [-0.2, 0) is 28.9 Å². The average molecular weight is 532 g/mol. The maximum absolute atomic E-state index is 11.0. The van der Waals surface area contributed by atoms with Crippen molar-refractivity contribution in [2.75, 3.05) is 46.0 Å². The molecule has 3 heterocycles. The number of benzene rings is 2. The van der Waals surface area contributed by atoms with Gasteiger partial charge in [0.05, 0.1) is 36.5 Å². The molecule has 206 valence electrons. The summed E-state index contributed by atoms with van der Waals surface area (Å²) in [5.41, 5.74) is 6.38. The van der Waals surface area contributed by atoms with Crippen molar-refractivity contribution < 1.29 is 18.8 Å². The zero-order valence-corrected chi connectivity index (χ0v) is 23.0. The number of carbonyl (C=O) groups is 1. The minimum atomic E-state index is -0.0511. The van der Waals surface area contributed by atoms with E-state index in [1.165, 1.54) is 12.5 Å². The molecule has 2 aromatic heterocycles. The maximum Gasteiger partial charge on any atom is 0.216 e. The Balaban J connectivity index is 1.32. The van der Waals surface area contributed by atoms with Gasteiger partial charge in [0.25, 0.3) is 0 Å². The predicted octanol–water partition coefficient (Wildman–Crippen LogP) is 3.94. The highest BCUT2D eigenvalue weighted by atomic mass is 16.5. The molecule has 1 saturated heterocycles. The van der Waals surface area contributed by atoms with Crippen LogP contribution in [0, 0.1) is 13.8 Å². The van der Waals surface area contributed by atoms with Crippen molar-refractivity contribution >= 4 is 16.9 Å². The van der Waals surface area contributed by atoms with Gasteiger partial charge in [-0.1, -0.05) is 23.4 Å². The highest BCUT2D eigenvalue weighted by molar-refractivity contribution is 5.83. The van der Waals surface area contributed by atoms with Crippen LogP contribution in [-0.4, -0.2) is 71.5 Å². The fourth-order valence-corrected chi connectivity index (χ4v) is 5.14. The van der Waals surface area contributed by atoms with E-state index in [-0.39, 0.29) is 5.91 Å². The van der Waals surface area contributed by atoms with Crippen molar-refractivity contribution in [1.29, 1.82) is 0 Å². The Hall–Kier alpha value is -3.69. The van der Waals surface area contributed by atoms with Crippen LogP contribution in [0.4, 0.5) is 0 Å². The number of amides is 1. The van der Waals surface area contributed by atoms with Crippen LogP contribution >= 0.6 is 0 Å². The third-order valence-electron chi connectivity index (χ3n) is 7.20. The first-order chi connectivity index (χ1) is 19.0. The summed E-state index contributed by atoms with van der Waals surface area (Å²) in [4.78, 5) is 18.6. The monoisotopic (exact) mass is 531 g/mol. The first-order valence-corrected chi connectivity index (χ1v) is 13.7. The van der Waals surface area contributed by atoms with E-state index < -0.39 is 0 Å². The zero-order valence-electron chi connectivity index (χ0n) is 23.0. The van der Waals surface area contributed by atoms with Crippen LogP contribution in [0.25, 0.3) is 22.2 Å². The van der Waals surface area contributed by atoms with Crippen molar-refractivity contribution in [3.05, 3.63) is 65.3 Å². The van der Waals surface area contributed by atoms with Gasteiger partial charge in [0.2, 0.25) is 5.91 Å². The van der Waals surface area contributed by atoms with Crippen molar-refractivity contribution in [2.24, 2.45) is 0 Å². The largest absolute Gasteiger partial charge is 0.492 e. The number of nitrogens with one attached hydrogen (secondary N) is 1. The van der Waals surface area contributed by atoms with Gasteiger partial charge in [0.1, 0.15) is 23.9 Å². The number of aromatic nitrogens is 3. The molecule has 9 nitrogen and oxygen atoms in total. The van der Waals surface area contributed by atoms with E-state index in [0.29, 0.717) is 13.2 Å². The lowest BCUT2D eigenvalue weighted by Crippen LogP contribution is -2.38. The Morgan fingerprint density at radius 1 is 1.05 bits per heavy atom. The lowest BCUT2D eigenvalue weighted by atomic mass is 10.0. The lowest BCUT2D eigenvalue weighted by Gasteiger charge is -2.27. The summed E-state index contributed by atoms with van der Waals surface area (Å²) in [7, 11) is 0. The summed E-state index contributed by atoms with van der Waals surface area (Å²) in [5, 5.41) is 6.87. The molecule has 1 fully saturated rings. The van der Waals surface area contributed by atoms with Gasteiger partial charge in [-0.3, -0.25) is 9.69 Å². The molecule has 1 N–H and O–H groups in total. The van der Waals surface area contributed by atoms with Gasteiger partial charge in [-0.05, 0) is 55.7 Å². The van der Waals surface area contributed by atoms with Gasteiger partial charge in [0, 0.05) is 45.1 Å². The van der Waals surface area contributed by atoms with E-state index >= 15 is 0 Å². The van der Waals surface area contributed by atoms with Crippen LogP contribution in [0.1, 0.15) is 29.8 Å². The first-order valence-electron chi connectivity index (χ1n) is 13.7. The number of rotatable bonds is 11. The zero-order chi connectivity index (χ0) is 27.2. The van der Waals surface area contributed by atoms with Gasteiger partial charge in [0.15, 0.2) is 0 Å². The molecule has 39 heavy (non-hydrogen) atoms. The Labute approximate surface area is 229 Å². The predicted molar refractivity (Wildman–Crippen MR) is 150 cm³/mol. The number of imidazole rings is 1. The molecule has 4 aromatic rings. The minimum absolute atomic E-state index is 0.0511. The molecule has 1 aliphatic heterocycles. The molecule has 1 aliphatic rings. The molecule has 1 amide bonds. The highest BCUT2D eigenvalue weighted by Gasteiger charge is 2.17. The summed E-state index contributed by atoms with van der Waals surface area (Å²) in [5.74, 6) is 2.66. The van der Waals surface area contributed by atoms with Crippen LogP contribution in [0.2, 0.25) is 0 Å². The lowest BCUT2D eigenvalue weighted by molar-refractivity contribution is -0.119. The fourth-order valence-electron chi connectivity index (χ4n) is 5.14. The van der Waals surface area contributed by atoms with Crippen LogP contribution in [0.5, 0.6) is 5.75 Å². The topological polar surface area (TPSA) is 94.7 Å². The summed E-state index contributed by atoms with van der Waals surface area (Å²) >= 11 is 0. The van der Waals surface area contributed by atoms with Gasteiger partial charge in [-0.2, -0.15) is 0 Å². The third kappa shape index (κ3) is 6.66. The second-order valence-corrected chi connectivity index (χ2v) is 10.0. The standard InChI is InChI=1S/C30H37N5O4/c1-21-30(22(2)39-33-21)25-7-10-28-27(20-25)32-29(35(28)14-13-34-15-18-37-19-16-34)11-6-24-4-8-26(9-5-24)38-17-12-31-23(3)36/h4-5,7-10,20H,6,11-19H2,1-3H3,(H,31,36). The third-order valence-corrected chi connectivity index (χ3v) is 7.20. The van der Waals surface area contributed by atoms with Gasteiger partial charge < -0.3 is 23.9 Å². The van der Waals surface area contributed by atoms with Gasteiger partial charge in [-0.25, -0.2) is 4.98 Å². The molecule has 0 atom stereocenters. The summed E-state index contributed by atoms with van der Waals surface area (Å²) in [6.07, 6.45) is 1.71. The molecule has 0 unspecified atom stereocenters. The smallest absolute Gasteiger partial charge is 0.216 e. The quantitative estimate of drug-likeness (QED) is 0.293. The number of aryl methyl sites for hydroxylation is 4. The molecule has 0 radical (unpaired) electrons. The molecule has 9 heteroatoms. The Morgan fingerprint density at radius 2 is 1.85 bits per heavy atom. The number of fused-ring (bicyclic) bond motifs is 1. The molecule has 5 rings (SSSR count). The normalized spacial score (nSPS) is 14.1. The van der Waals surface area contributed by atoms with Gasteiger partial charge >= 0.3 is 0 Å². The molecule has 0 saturated carbocycles. The van der Waals surface area contributed by atoms with E-state index in [1.807, 2.05) is 26.0 Å². The van der Waals surface area contributed by atoms with Crippen molar-refractivity contribution in [3.63, 3.8) is 0 Å². The molecule has 0 spiro atoms. The number of carbonyl (C=O) groups excluding carboxylic acids is 1. The van der Waals surface area contributed by atoms with Crippen LogP contribution in [0.15, 0.2) is 47.0 Å². The number of morpholine rings is 1. The maximum atomic E-state index is 11.0. The van der Waals surface area contributed by atoms with Crippen molar-refractivity contribution in [3.8, 4) is 16.9 Å². The number of nitrogens with zero attached hydrogens (tertiary/aromatic N) is 4. The molecule has 0 aliphatic carbocycles. The highest BCUT2D eigenvalue weighted by Crippen LogP contribution is 2.30. The Morgan fingerprint density at radius 3 is 2.56 bits per heavy atom. The van der Waals surface area contributed by atoms with E-state index in [0.717, 1.165) is 97.4 Å². The number of ether oxygens (including phenoxy) is 2. The average Bonchev–Trinajstić information content (AvgIpc) is 3.47. The number of hydrogen-bond acceptors (Lipinski definition) is 7. The van der Waals surface area contributed by atoms with Crippen LogP contribution < -0.4 is 10.1 Å². The summed E-state index contributed by atoms with van der Waals surface area (Å²) < 4.78 is 19.0. The first kappa shape index (κ1) is 26.9. The second-order valence-electron chi connectivity index (χ2n) is 10.0. The van der Waals surface area contributed by atoms with Gasteiger partial charge in [-0.15, -0.1) is 0 Å². The molecule has 2 aromatic carbocycles. The van der Waals surface area contributed by atoms with E-state index in [4.69, 9.17) is 19.0 Å². The van der Waals surface area contributed by atoms with E-state index in [9.17, 15) is 4.79 Å². The SMILES string of the molecule is CC(=O)NCCOc1ccc(CCc2nc3cc(-c4c(C)noc4C)ccc3n2CCN2CCOCC2)cc1. The molecule has 0 bridgehead atoms. The van der Waals surface area contributed by atoms with E-state index in [2.05, 4.69) is 50.3 Å². The second kappa shape index (κ2) is 12.4. The van der Waals surface area contributed by atoms with Crippen LogP contribution in [0.3, 0.4) is 0 Å². The van der Waals surface area contributed by atoms with Crippen molar-refractivity contribution in [2.45, 2.75) is 40.2 Å². The Kier molecular flexibility index (Phi) is 8.58. The fraction of sp³-hybridized carbons (Fsp3) is 0.433. The van der Waals surface area contributed by atoms with E-state index in [1.54, 1.807) is 0 Å². The Bertz CT molecular complexity index is 1380. The number of hydrogen-bond donors (Lipinski definition) is 1. The molecular formula is C30H37N5O4. The summed E-state index contributed by atoms with van der Waals surface area (Å²) in [6.45, 7) is 11.8. The molecular weight excluding hydrogens is 494 g/mol. The minimum Gasteiger partial charge on any atom is -0.492 e. The van der Waals surface area contributed by atoms with Crippen molar-refractivity contribution in [1.82, 2.24) is 24.9 Å². The summed E-state index contributed by atoms with van der Waals surface area (Å²) in [6, 6.07) is 14.7.